The Labute approximate surface area is 118 Å². The van der Waals surface area contributed by atoms with Gasteiger partial charge >= 0.3 is 0 Å². The van der Waals surface area contributed by atoms with E-state index in [1.165, 1.54) is 0 Å². The zero-order chi connectivity index (χ0) is 14.4. The third kappa shape index (κ3) is 3.43. The molecule has 0 fully saturated rings. The van der Waals surface area contributed by atoms with Crippen LogP contribution in [0.4, 0.5) is 11.6 Å². The fraction of sp³-hybridized carbons (Fsp3) is 0.538. The summed E-state index contributed by atoms with van der Waals surface area (Å²) in [4.78, 5) is 8.99. The van der Waals surface area contributed by atoms with E-state index in [1.807, 2.05) is 24.9 Å². The lowest BCUT2D eigenvalue weighted by Gasteiger charge is -2.13. The highest BCUT2D eigenvalue weighted by Crippen LogP contribution is 2.19. The SMILES string of the molecule is CCc1nc(NC)c(C)c(NCCCn2ccnn2)n1. The molecule has 2 aromatic rings. The maximum absolute atomic E-state index is 4.54. The van der Waals surface area contributed by atoms with Crippen LogP contribution in [0, 0.1) is 6.92 Å². The highest BCUT2D eigenvalue weighted by Gasteiger charge is 2.08. The highest BCUT2D eigenvalue weighted by molar-refractivity contribution is 5.56. The molecule has 0 aromatic carbocycles. The minimum atomic E-state index is 0.822. The first-order valence-electron chi connectivity index (χ1n) is 6.87. The van der Waals surface area contributed by atoms with E-state index in [0.717, 1.165) is 49.0 Å². The van der Waals surface area contributed by atoms with Crippen molar-refractivity contribution < 1.29 is 0 Å². The average molecular weight is 275 g/mol. The molecule has 0 saturated heterocycles. The fourth-order valence-corrected chi connectivity index (χ4v) is 1.94. The first kappa shape index (κ1) is 14.2. The molecular formula is C13H21N7. The second kappa shape index (κ2) is 6.83. The second-order valence-electron chi connectivity index (χ2n) is 4.51. The molecule has 0 amide bonds. The van der Waals surface area contributed by atoms with Crippen LogP contribution < -0.4 is 10.6 Å². The second-order valence-corrected chi connectivity index (χ2v) is 4.51. The Balaban J connectivity index is 1.94. The summed E-state index contributed by atoms with van der Waals surface area (Å²) in [5, 5.41) is 14.2. The van der Waals surface area contributed by atoms with E-state index in [0.29, 0.717) is 0 Å². The molecular weight excluding hydrogens is 254 g/mol. The van der Waals surface area contributed by atoms with Gasteiger partial charge in [-0.2, -0.15) is 0 Å². The summed E-state index contributed by atoms with van der Waals surface area (Å²) in [6, 6.07) is 0. The minimum Gasteiger partial charge on any atom is -0.373 e. The molecule has 7 heteroatoms. The van der Waals surface area contributed by atoms with E-state index in [2.05, 4.69) is 37.8 Å². The summed E-state index contributed by atoms with van der Waals surface area (Å²) in [5.41, 5.74) is 1.05. The molecule has 7 nitrogen and oxygen atoms in total. The molecule has 108 valence electrons. The summed E-state index contributed by atoms with van der Waals surface area (Å²) < 4.78 is 1.82. The Bertz CT molecular complexity index is 536. The monoisotopic (exact) mass is 275 g/mol. The third-order valence-electron chi connectivity index (χ3n) is 3.07. The lowest BCUT2D eigenvalue weighted by Crippen LogP contribution is -2.12. The van der Waals surface area contributed by atoms with Crippen molar-refractivity contribution in [3.63, 3.8) is 0 Å². The van der Waals surface area contributed by atoms with E-state index in [9.17, 15) is 0 Å². The van der Waals surface area contributed by atoms with E-state index in [-0.39, 0.29) is 0 Å². The molecule has 0 unspecified atom stereocenters. The van der Waals surface area contributed by atoms with Gasteiger partial charge in [0.1, 0.15) is 17.5 Å². The van der Waals surface area contributed by atoms with Crippen LogP contribution in [0.1, 0.15) is 24.7 Å². The number of nitrogens with zero attached hydrogens (tertiary/aromatic N) is 5. The zero-order valence-electron chi connectivity index (χ0n) is 12.2. The van der Waals surface area contributed by atoms with Crippen molar-refractivity contribution in [3.05, 3.63) is 23.8 Å². The van der Waals surface area contributed by atoms with Gasteiger partial charge in [0.25, 0.3) is 0 Å². The van der Waals surface area contributed by atoms with Crippen molar-refractivity contribution in [1.29, 1.82) is 0 Å². The average Bonchev–Trinajstić information content (AvgIpc) is 2.98. The van der Waals surface area contributed by atoms with Gasteiger partial charge in [0.2, 0.25) is 0 Å². The molecule has 2 rings (SSSR count). The van der Waals surface area contributed by atoms with Crippen LogP contribution in [-0.2, 0) is 13.0 Å². The van der Waals surface area contributed by atoms with Gasteiger partial charge in [0.05, 0.1) is 6.20 Å². The topological polar surface area (TPSA) is 80.5 Å². The number of hydrogen-bond acceptors (Lipinski definition) is 6. The van der Waals surface area contributed by atoms with E-state index < -0.39 is 0 Å². The first-order chi connectivity index (χ1) is 9.74. The Morgan fingerprint density at radius 1 is 1.25 bits per heavy atom. The molecule has 0 saturated carbocycles. The van der Waals surface area contributed by atoms with Crippen LogP contribution in [-0.4, -0.2) is 38.6 Å². The fourth-order valence-electron chi connectivity index (χ4n) is 1.94. The molecule has 0 aliphatic heterocycles. The number of nitrogens with one attached hydrogen (secondary N) is 2. The quantitative estimate of drug-likeness (QED) is 0.745. The third-order valence-corrected chi connectivity index (χ3v) is 3.07. The van der Waals surface area contributed by atoms with Crippen LogP contribution in [0.3, 0.4) is 0 Å². The van der Waals surface area contributed by atoms with E-state index in [1.54, 1.807) is 6.20 Å². The van der Waals surface area contributed by atoms with Gasteiger partial charge in [-0.3, -0.25) is 4.68 Å². The first-order valence-corrected chi connectivity index (χ1v) is 6.87. The largest absolute Gasteiger partial charge is 0.373 e. The van der Waals surface area contributed by atoms with Crippen LogP contribution >= 0.6 is 0 Å². The van der Waals surface area contributed by atoms with Gasteiger partial charge in [-0.1, -0.05) is 12.1 Å². The van der Waals surface area contributed by atoms with E-state index >= 15 is 0 Å². The van der Waals surface area contributed by atoms with Gasteiger partial charge in [-0.15, -0.1) is 5.10 Å². The van der Waals surface area contributed by atoms with Crippen LogP contribution in [0.25, 0.3) is 0 Å². The Morgan fingerprint density at radius 3 is 2.70 bits per heavy atom. The standard InChI is InChI=1S/C13H21N7/c1-4-11-17-12(14-3)10(2)13(18-11)15-6-5-8-20-9-7-16-19-20/h7,9H,4-6,8H2,1-3H3,(H2,14,15,17,18). The van der Waals surface area contributed by atoms with Crippen molar-refractivity contribution in [2.24, 2.45) is 0 Å². The number of aromatic nitrogens is 5. The zero-order valence-corrected chi connectivity index (χ0v) is 12.2. The Hall–Kier alpha value is -2.18. The molecule has 2 heterocycles. The molecule has 0 aliphatic rings. The smallest absolute Gasteiger partial charge is 0.134 e. The van der Waals surface area contributed by atoms with Gasteiger partial charge < -0.3 is 10.6 Å². The summed E-state index contributed by atoms with van der Waals surface area (Å²) >= 11 is 0. The van der Waals surface area contributed by atoms with Crippen LogP contribution in [0.5, 0.6) is 0 Å². The maximum Gasteiger partial charge on any atom is 0.134 e. The molecule has 0 bridgehead atoms. The van der Waals surface area contributed by atoms with Crippen molar-refractivity contribution in [3.8, 4) is 0 Å². The van der Waals surface area contributed by atoms with E-state index in [4.69, 9.17) is 0 Å². The normalized spacial score (nSPS) is 10.6. The van der Waals surface area contributed by atoms with Crippen LogP contribution in [0.15, 0.2) is 12.4 Å². The lowest BCUT2D eigenvalue weighted by atomic mass is 10.3. The number of aryl methyl sites for hydroxylation is 2. The molecule has 0 spiro atoms. The molecule has 0 aliphatic carbocycles. The van der Waals surface area contributed by atoms with Gasteiger partial charge in [0.15, 0.2) is 0 Å². The van der Waals surface area contributed by atoms with Gasteiger partial charge in [-0.05, 0) is 13.3 Å². The Morgan fingerprint density at radius 2 is 2.05 bits per heavy atom. The summed E-state index contributed by atoms with van der Waals surface area (Å²) in [7, 11) is 1.88. The van der Waals surface area contributed by atoms with Crippen molar-refractivity contribution >= 4 is 11.6 Å². The number of anilines is 2. The number of rotatable bonds is 7. The van der Waals surface area contributed by atoms with Gasteiger partial charge in [0, 0.05) is 38.3 Å². The summed E-state index contributed by atoms with van der Waals surface area (Å²) in [5.74, 6) is 2.63. The summed E-state index contributed by atoms with van der Waals surface area (Å²) in [6.07, 6.45) is 5.34. The van der Waals surface area contributed by atoms with Crippen molar-refractivity contribution in [1.82, 2.24) is 25.0 Å². The molecule has 2 aromatic heterocycles. The maximum atomic E-state index is 4.54. The van der Waals surface area contributed by atoms with Gasteiger partial charge in [-0.25, -0.2) is 9.97 Å². The van der Waals surface area contributed by atoms with Crippen LogP contribution in [0.2, 0.25) is 0 Å². The molecule has 2 N–H and O–H groups in total. The van der Waals surface area contributed by atoms with Crippen molar-refractivity contribution in [2.45, 2.75) is 33.2 Å². The van der Waals surface area contributed by atoms with Crippen molar-refractivity contribution in [2.75, 3.05) is 24.2 Å². The minimum absolute atomic E-state index is 0.822. The lowest BCUT2D eigenvalue weighted by molar-refractivity contribution is 0.569. The summed E-state index contributed by atoms with van der Waals surface area (Å²) in [6.45, 7) is 5.75. The number of hydrogen-bond donors (Lipinski definition) is 2. The molecule has 0 atom stereocenters. The predicted molar refractivity (Wildman–Crippen MR) is 78.8 cm³/mol. The Kier molecular flexibility index (Phi) is 4.86. The predicted octanol–water partition coefficient (Wildman–Crippen LogP) is 1.48. The molecule has 0 radical (unpaired) electrons. The molecule has 20 heavy (non-hydrogen) atoms. The highest BCUT2D eigenvalue weighted by atomic mass is 15.4.